The monoisotopic (exact) mass is 197 g/mol. The maximum Gasteiger partial charge on any atom is 0.149 e. The Kier molecular flexibility index (Phi) is 2.88. The van der Waals surface area contributed by atoms with Gasteiger partial charge in [0.1, 0.15) is 5.78 Å². The maximum atomic E-state index is 11.5. The van der Waals surface area contributed by atoms with E-state index in [9.17, 15) is 9.90 Å². The third-order valence-electron chi connectivity index (χ3n) is 3.66. The number of Topliss-reactive ketones (excluding diaryl/α,β-unsaturated/α-hetero) is 1. The lowest BCUT2D eigenvalue weighted by molar-refractivity contribution is -0.123. The van der Waals surface area contributed by atoms with Gasteiger partial charge in [0.05, 0.1) is 12.1 Å². The van der Waals surface area contributed by atoms with Crippen LogP contribution in [0, 0.1) is 5.92 Å². The summed E-state index contributed by atoms with van der Waals surface area (Å²) in [6, 6.07) is 0.122. The molecular weight excluding hydrogens is 178 g/mol. The molecule has 0 bridgehead atoms. The fraction of sp³-hybridized carbons (Fsp3) is 0.909. The molecule has 80 valence electrons. The van der Waals surface area contributed by atoms with Crippen molar-refractivity contribution in [2.24, 2.45) is 5.92 Å². The number of rotatable bonds is 1. The number of hydrogen-bond donors (Lipinski definition) is 1. The van der Waals surface area contributed by atoms with E-state index in [4.69, 9.17) is 0 Å². The number of piperidine rings is 1. The second kappa shape index (κ2) is 3.99. The van der Waals surface area contributed by atoms with Crippen LogP contribution < -0.4 is 0 Å². The van der Waals surface area contributed by atoms with E-state index < -0.39 is 0 Å². The van der Waals surface area contributed by atoms with Crippen molar-refractivity contribution >= 4 is 5.78 Å². The lowest BCUT2D eigenvalue weighted by Crippen LogP contribution is -2.49. The van der Waals surface area contributed by atoms with Gasteiger partial charge in [0.25, 0.3) is 0 Å². The highest BCUT2D eigenvalue weighted by Gasteiger charge is 2.34. The number of likely N-dealkylation sites (tertiary alicyclic amines) is 1. The maximum absolute atomic E-state index is 11.5. The highest BCUT2D eigenvalue weighted by Crippen LogP contribution is 2.25. The second-order valence-electron chi connectivity index (χ2n) is 4.70. The van der Waals surface area contributed by atoms with Gasteiger partial charge >= 0.3 is 0 Å². The molecule has 1 N–H and O–H groups in total. The zero-order valence-corrected chi connectivity index (χ0v) is 8.78. The molecule has 0 spiro atoms. The number of aliphatic hydroxyl groups is 1. The van der Waals surface area contributed by atoms with E-state index in [-0.39, 0.29) is 12.1 Å². The van der Waals surface area contributed by atoms with Gasteiger partial charge in [0.15, 0.2) is 0 Å². The standard InChI is InChI=1S/C11H19NO2/c1-8-5-6-12(7-11(8)14)9-3-2-4-10(9)13/h8-9,11,14H,2-7H2,1H3. The topological polar surface area (TPSA) is 40.5 Å². The van der Waals surface area contributed by atoms with Crippen LogP contribution in [0.1, 0.15) is 32.6 Å². The van der Waals surface area contributed by atoms with Gasteiger partial charge in [-0.15, -0.1) is 0 Å². The van der Waals surface area contributed by atoms with Crippen LogP contribution in [0.4, 0.5) is 0 Å². The molecule has 1 aliphatic carbocycles. The molecule has 3 heteroatoms. The first-order valence-corrected chi connectivity index (χ1v) is 5.63. The van der Waals surface area contributed by atoms with Gasteiger partial charge < -0.3 is 5.11 Å². The van der Waals surface area contributed by atoms with E-state index in [1.807, 2.05) is 0 Å². The number of hydrogen-bond acceptors (Lipinski definition) is 3. The van der Waals surface area contributed by atoms with Crippen LogP contribution in [-0.4, -0.2) is 41.0 Å². The van der Waals surface area contributed by atoms with Crippen LogP contribution in [-0.2, 0) is 4.79 Å². The van der Waals surface area contributed by atoms with Crippen molar-refractivity contribution in [1.29, 1.82) is 0 Å². The quantitative estimate of drug-likeness (QED) is 0.676. The summed E-state index contributed by atoms with van der Waals surface area (Å²) in [5, 5.41) is 9.74. The zero-order chi connectivity index (χ0) is 10.1. The predicted molar refractivity (Wildman–Crippen MR) is 54.0 cm³/mol. The first-order valence-electron chi connectivity index (χ1n) is 5.63. The van der Waals surface area contributed by atoms with Gasteiger partial charge in [-0.1, -0.05) is 6.92 Å². The molecule has 1 saturated carbocycles. The molecule has 2 aliphatic rings. The van der Waals surface area contributed by atoms with Gasteiger partial charge in [0, 0.05) is 13.0 Å². The van der Waals surface area contributed by atoms with Crippen LogP contribution >= 0.6 is 0 Å². The Labute approximate surface area is 85.1 Å². The average Bonchev–Trinajstić information content (AvgIpc) is 2.57. The number of nitrogens with zero attached hydrogens (tertiary/aromatic N) is 1. The Balaban J connectivity index is 1.95. The highest BCUT2D eigenvalue weighted by atomic mass is 16.3. The molecule has 0 aromatic heterocycles. The smallest absolute Gasteiger partial charge is 0.149 e. The van der Waals surface area contributed by atoms with Gasteiger partial charge in [-0.2, -0.15) is 0 Å². The van der Waals surface area contributed by atoms with E-state index in [0.29, 0.717) is 18.2 Å². The van der Waals surface area contributed by atoms with E-state index in [1.54, 1.807) is 0 Å². The Morgan fingerprint density at radius 1 is 1.43 bits per heavy atom. The molecule has 0 radical (unpaired) electrons. The van der Waals surface area contributed by atoms with E-state index in [2.05, 4.69) is 11.8 Å². The van der Waals surface area contributed by atoms with E-state index >= 15 is 0 Å². The number of aliphatic hydroxyl groups excluding tert-OH is 1. The molecule has 0 amide bonds. The summed E-state index contributed by atoms with van der Waals surface area (Å²) >= 11 is 0. The number of β-amino-alcohol motifs (C(OH)–C–C–N with tert-alkyl or cyclic N) is 1. The molecule has 2 rings (SSSR count). The zero-order valence-electron chi connectivity index (χ0n) is 8.78. The van der Waals surface area contributed by atoms with Crippen molar-refractivity contribution < 1.29 is 9.90 Å². The SMILES string of the molecule is CC1CCN(C2CCCC2=O)CC1O. The highest BCUT2D eigenvalue weighted by molar-refractivity contribution is 5.85. The molecule has 1 saturated heterocycles. The average molecular weight is 197 g/mol. The van der Waals surface area contributed by atoms with Gasteiger partial charge in [0.2, 0.25) is 0 Å². The van der Waals surface area contributed by atoms with Gasteiger partial charge in [-0.25, -0.2) is 0 Å². The van der Waals surface area contributed by atoms with Crippen LogP contribution in [0.15, 0.2) is 0 Å². The molecule has 1 aliphatic heterocycles. The minimum absolute atomic E-state index is 0.122. The van der Waals surface area contributed by atoms with E-state index in [0.717, 1.165) is 32.2 Å². The van der Waals surface area contributed by atoms with Gasteiger partial charge in [-0.05, 0) is 31.7 Å². The Hall–Kier alpha value is -0.410. The molecule has 0 aromatic rings. The van der Waals surface area contributed by atoms with Crippen LogP contribution in [0.3, 0.4) is 0 Å². The minimum atomic E-state index is -0.239. The summed E-state index contributed by atoms with van der Waals surface area (Å²) < 4.78 is 0. The molecule has 3 nitrogen and oxygen atoms in total. The Bertz CT molecular complexity index is 229. The largest absolute Gasteiger partial charge is 0.392 e. The van der Waals surface area contributed by atoms with Crippen molar-refractivity contribution in [2.75, 3.05) is 13.1 Å². The third kappa shape index (κ3) is 1.84. The minimum Gasteiger partial charge on any atom is -0.392 e. The third-order valence-corrected chi connectivity index (χ3v) is 3.66. The summed E-state index contributed by atoms with van der Waals surface area (Å²) in [4.78, 5) is 13.7. The number of carbonyl (C=O) groups excluding carboxylic acids is 1. The summed E-state index contributed by atoms with van der Waals surface area (Å²) in [6.07, 6.45) is 3.56. The first kappa shape index (κ1) is 10.1. The molecule has 2 fully saturated rings. The lowest BCUT2D eigenvalue weighted by Gasteiger charge is -2.37. The fourth-order valence-corrected chi connectivity index (χ4v) is 2.54. The summed E-state index contributed by atoms with van der Waals surface area (Å²) in [5.41, 5.74) is 0. The summed E-state index contributed by atoms with van der Waals surface area (Å²) in [7, 11) is 0. The normalized spacial score (nSPS) is 40.4. The fourth-order valence-electron chi connectivity index (χ4n) is 2.54. The van der Waals surface area contributed by atoms with Crippen molar-refractivity contribution in [3.05, 3.63) is 0 Å². The van der Waals surface area contributed by atoms with Crippen LogP contribution in [0.2, 0.25) is 0 Å². The van der Waals surface area contributed by atoms with E-state index in [1.165, 1.54) is 0 Å². The number of carbonyl (C=O) groups is 1. The summed E-state index contributed by atoms with van der Waals surface area (Å²) in [5.74, 6) is 0.773. The Morgan fingerprint density at radius 3 is 2.79 bits per heavy atom. The summed E-state index contributed by atoms with van der Waals surface area (Å²) in [6.45, 7) is 3.75. The molecule has 3 atom stereocenters. The molecule has 0 aromatic carbocycles. The van der Waals surface area contributed by atoms with Crippen molar-refractivity contribution in [2.45, 2.75) is 44.8 Å². The lowest BCUT2D eigenvalue weighted by atomic mass is 9.94. The number of ketones is 1. The van der Waals surface area contributed by atoms with Crippen LogP contribution in [0.5, 0.6) is 0 Å². The molecule has 14 heavy (non-hydrogen) atoms. The first-order chi connectivity index (χ1) is 6.68. The molecular formula is C11H19NO2. The van der Waals surface area contributed by atoms with Gasteiger partial charge in [-0.3, -0.25) is 9.69 Å². The predicted octanol–water partition coefficient (Wildman–Crippen LogP) is 0.811. The van der Waals surface area contributed by atoms with Crippen LogP contribution in [0.25, 0.3) is 0 Å². The molecule has 1 heterocycles. The van der Waals surface area contributed by atoms with Crippen molar-refractivity contribution in [3.8, 4) is 0 Å². The van der Waals surface area contributed by atoms with Crippen molar-refractivity contribution in [3.63, 3.8) is 0 Å². The molecule has 3 unspecified atom stereocenters. The second-order valence-corrected chi connectivity index (χ2v) is 4.70. The Morgan fingerprint density at radius 2 is 2.21 bits per heavy atom. The van der Waals surface area contributed by atoms with Crippen molar-refractivity contribution in [1.82, 2.24) is 4.90 Å².